The molecule has 0 fully saturated rings. The van der Waals surface area contributed by atoms with Gasteiger partial charge in [-0.05, 0) is 30.3 Å². The summed E-state index contributed by atoms with van der Waals surface area (Å²) < 4.78 is 44.7. The molecule has 2 aromatic carbocycles. The topological polar surface area (TPSA) is 35.2 Å². The summed E-state index contributed by atoms with van der Waals surface area (Å²) >= 11 is 4.75. The molecule has 0 aliphatic rings. The van der Waals surface area contributed by atoms with Crippen molar-refractivity contribution in [3.8, 4) is 11.5 Å². The van der Waals surface area contributed by atoms with Crippen molar-refractivity contribution in [1.29, 1.82) is 0 Å². The SMILES string of the molecule is NC(=S)c1cc(F)ccc1Oc1cc(F)ccc1F. The quantitative estimate of drug-likeness (QED) is 0.875. The molecule has 2 rings (SSSR count). The molecular formula is C13H8F3NOS. The summed E-state index contributed by atoms with van der Waals surface area (Å²) in [5.74, 6) is -2.24. The summed E-state index contributed by atoms with van der Waals surface area (Å²) in [6, 6.07) is 6.18. The molecule has 0 amide bonds. The number of halogens is 3. The largest absolute Gasteiger partial charge is 0.453 e. The number of hydrogen-bond donors (Lipinski definition) is 1. The fourth-order valence-electron chi connectivity index (χ4n) is 1.46. The van der Waals surface area contributed by atoms with Gasteiger partial charge >= 0.3 is 0 Å². The highest BCUT2D eigenvalue weighted by atomic mass is 32.1. The average molecular weight is 283 g/mol. The lowest BCUT2D eigenvalue weighted by Crippen LogP contribution is -2.11. The molecule has 0 radical (unpaired) electrons. The van der Waals surface area contributed by atoms with Crippen LogP contribution in [0.2, 0.25) is 0 Å². The molecule has 0 atom stereocenters. The molecule has 0 aromatic heterocycles. The number of ether oxygens (including phenoxy) is 1. The van der Waals surface area contributed by atoms with Crippen LogP contribution in [0.5, 0.6) is 11.5 Å². The van der Waals surface area contributed by atoms with E-state index >= 15 is 0 Å². The Morgan fingerprint density at radius 2 is 1.58 bits per heavy atom. The third kappa shape index (κ3) is 3.03. The van der Waals surface area contributed by atoms with Crippen LogP contribution in [-0.2, 0) is 0 Å². The van der Waals surface area contributed by atoms with E-state index in [1.165, 1.54) is 6.07 Å². The standard InChI is InChI=1S/C13H8F3NOS/c14-7-2-4-11(9(5-7)13(17)19)18-12-6-8(15)1-3-10(12)16/h1-6H,(H2,17,19). The van der Waals surface area contributed by atoms with Crippen molar-refractivity contribution in [3.63, 3.8) is 0 Å². The van der Waals surface area contributed by atoms with Gasteiger partial charge in [0.15, 0.2) is 11.6 Å². The first-order valence-electron chi connectivity index (χ1n) is 5.19. The molecule has 98 valence electrons. The smallest absolute Gasteiger partial charge is 0.166 e. The highest BCUT2D eigenvalue weighted by Crippen LogP contribution is 2.28. The minimum Gasteiger partial charge on any atom is -0.453 e. The lowest BCUT2D eigenvalue weighted by Gasteiger charge is -2.11. The Morgan fingerprint density at radius 1 is 0.947 bits per heavy atom. The van der Waals surface area contributed by atoms with Crippen LogP contribution in [0, 0.1) is 17.5 Å². The summed E-state index contributed by atoms with van der Waals surface area (Å²) in [6.45, 7) is 0. The maximum Gasteiger partial charge on any atom is 0.166 e. The Morgan fingerprint density at radius 3 is 2.26 bits per heavy atom. The van der Waals surface area contributed by atoms with Crippen molar-refractivity contribution in [1.82, 2.24) is 0 Å². The van der Waals surface area contributed by atoms with Gasteiger partial charge in [0.05, 0.1) is 5.56 Å². The first-order valence-corrected chi connectivity index (χ1v) is 5.60. The minimum absolute atomic E-state index is 0.0541. The van der Waals surface area contributed by atoms with E-state index < -0.39 is 17.5 Å². The van der Waals surface area contributed by atoms with E-state index in [1.807, 2.05) is 0 Å². The Kier molecular flexibility index (Phi) is 3.71. The van der Waals surface area contributed by atoms with Crippen molar-refractivity contribution >= 4 is 17.2 Å². The zero-order valence-corrected chi connectivity index (χ0v) is 10.3. The van der Waals surface area contributed by atoms with Gasteiger partial charge in [0.1, 0.15) is 22.4 Å². The van der Waals surface area contributed by atoms with Crippen LogP contribution in [-0.4, -0.2) is 4.99 Å². The number of hydrogen-bond acceptors (Lipinski definition) is 2. The highest BCUT2D eigenvalue weighted by molar-refractivity contribution is 7.80. The molecule has 0 bridgehead atoms. The van der Waals surface area contributed by atoms with Gasteiger partial charge in [-0.25, -0.2) is 13.2 Å². The van der Waals surface area contributed by atoms with E-state index in [-0.39, 0.29) is 22.1 Å². The molecule has 0 spiro atoms. The first kappa shape index (κ1) is 13.4. The van der Waals surface area contributed by atoms with Gasteiger partial charge in [-0.15, -0.1) is 0 Å². The Hall–Kier alpha value is -2.08. The van der Waals surface area contributed by atoms with Crippen molar-refractivity contribution in [2.45, 2.75) is 0 Å². The van der Waals surface area contributed by atoms with Gasteiger partial charge in [0.25, 0.3) is 0 Å². The van der Waals surface area contributed by atoms with Crippen LogP contribution < -0.4 is 10.5 Å². The molecule has 6 heteroatoms. The van der Waals surface area contributed by atoms with Crippen molar-refractivity contribution in [3.05, 3.63) is 59.4 Å². The average Bonchev–Trinajstić information content (AvgIpc) is 2.35. The monoisotopic (exact) mass is 283 g/mol. The van der Waals surface area contributed by atoms with E-state index in [0.717, 1.165) is 30.3 Å². The van der Waals surface area contributed by atoms with Crippen LogP contribution >= 0.6 is 12.2 Å². The predicted molar refractivity (Wildman–Crippen MR) is 68.7 cm³/mol. The normalized spacial score (nSPS) is 10.3. The van der Waals surface area contributed by atoms with E-state index in [1.54, 1.807) is 0 Å². The minimum atomic E-state index is -0.750. The summed E-state index contributed by atoms with van der Waals surface area (Å²) in [6.07, 6.45) is 0. The second kappa shape index (κ2) is 5.27. The van der Waals surface area contributed by atoms with Crippen molar-refractivity contribution in [2.75, 3.05) is 0 Å². The van der Waals surface area contributed by atoms with E-state index in [2.05, 4.69) is 0 Å². The van der Waals surface area contributed by atoms with E-state index in [0.29, 0.717) is 0 Å². The number of rotatable bonds is 3. The Labute approximate surface area is 112 Å². The summed E-state index contributed by atoms with van der Waals surface area (Å²) in [5.41, 5.74) is 5.53. The highest BCUT2D eigenvalue weighted by Gasteiger charge is 2.12. The number of benzene rings is 2. The summed E-state index contributed by atoms with van der Waals surface area (Å²) in [5, 5.41) is 0. The zero-order valence-electron chi connectivity index (χ0n) is 9.49. The molecular weight excluding hydrogens is 275 g/mol. The van der Waals surface area contributed by atoms with Crippen LogP contribution in [0.3, 0.4) is 0 Å². The second-order valence-electron chi connectivity index (χ2n) is 3.68. The van der Waals surface area contributed by atoms with Crippen LogP contribution in [0.15, 0.2) is 36.4 Å². The van der Waals surface area contributed by atoms with Gasteiger partial charge in [-0.1, -0.05) is 12.2 Å². The van der Waals surface area contributed by atoms with E-state index in [9.17, 15) is 13.2 Å². The van der Waals surface area contributed by atoms with Crippen molar-refractivity contribution < 1.29 is 17.9 Å². The van der Waals surface area contributed by atoms with E-state index in [4.69, 9.17) is 22.7 Å². The third-order valence-corrected chi connectivity index (χ3v) is 2.54. The maximum atomic E-state index is 13.4. The lowest BCUT2D eigenvalue weighted by molar-refractivity contribution is 0.435. The molecule has 19 heavy (non-hydrogen) atoms. The number of thiocarbonyl (C=S) groups is 1. The molecule has 0 unspecified atom stereocenters. The summed E-state index contributed by atoms with van der Waals surface area (Å²) in [7, 11) is 0. The lowest BCUT2D eigenvalue weighted by atomic mass is 10.2. The molecule has 0 saturated carbocycles. The molecule has 0 saturated heterocycles. The fourth-order valence-corrected chi connectivity index (χ4v) is 1.62. The summed E-state index contributed by atoms with van der Waals surface area (Å²) in [4.78, 5) is -0.105. The zero-order chi connectivity index (χ0) is 14.0. The molecule has 0 aliphatic carbocycles. The maximum absolute atomic E-state index is 13.4. The molecule has 2 aromatic rings. The molecule has 0 heterocycles. The number of nitrogens with two attached hydrogens (primary N) is 1. The fraction of sp³-hybridized carbons (Fsp3) is 0. The molecule has 2 N–H and O–H groups in total. The Bertz CT molecular complexity index is 646. The van der Waals surface area contributed by atoms with Gasteiger partial charge in [0, 0.05) is 6.07 Å². The van der Waals surface area contributed by atoms with Crippen LogP contribution in [0.25, 0.3) is 0 Å². The molecule has 2 nitrogen and oxygen atoms in total. The third-order valence-electron chi connectivity index (χ3n) is 2.32. The van der Waals surface area contributed by atoms with Gasteiger partial charge < -0.3 is 10.5 Å². The van der Waals surface area contributed by atoms with Gasteiger partial charge in [0.2, 0.25) is 0 Å². The Balaban J connectivity index is 2.43. The van der Waals surface area contributed by atoms with Gasteiger partial charge in [-0.2, -0.15) is 0 Å². The van der Waals surface area contributed by atoms with Gasteiger partial charge in [-0.3, -0.25) is 0 Å². The second-order valence-corrected chi connectivity index (χ2v) is 4.12. The molecule has 0 aliphatic heterocycles. The predicted octanol–water partition coefficient (Wildman–Crippen LogP) is 3.53. The van der Waals surface area contributed by atoms with Crippen LogP contribution in [0.1, 0.15) is 5.56 Å². The van der Waals surface area contributed by atoms with Crippen LogP contribution in [0.4, 0.5) is 13.2 Å². The van der Waals surface area contributed by atoms with Crippen molar-refractivity contribution in [2.24, 2.45) is 5.73 Å². The first-order chi connectivity index (χ1) is 8.97.